The Hall–Kier alpha value is -2.91. The first-order valence-electron chi connectivity index (χ1n) is 12.2. The minimum absolute atomic E-state index is 0.197. The molecule has 3 heterocycles. The van der Waals surface area contributed by atoms with Crippen LogP contribution >= 0.6 is 22.7 Å². The van der Waals surface area contributed by atoms with Gasteiger partial charge >= 0.3 is 0 Å². The van der Waals surface area contributed by atoms with Gasteiger partial charge in [-0.15, -0.1) is 21.5 Å². The average molecular weight is 508 g/mol. The van der Waals surface area contributed by atoms with E-state index < -0.39 is 6.04 Å². The molecule has 4 aromatic rings. The number of hydrogen-bond acceptors (Lipinski definition) is 7. The Labute approximate surface area is 212 Å². The van der Waals surface area contributed by atoms with Crippen LogP contribution in [-0.4, -0.2) is 25.7 Å². The van der Waals surface area contributed by atoms with Crippen molar-refractivity contribution >= 4 is 43.9 Å². The fourth-order valence-electron chi connectivity index (χ4n) is 4.90. The molecule has 7 nitrogen and oxygen atoms in total. The first kappa shape index (κ1) is 23.8. The van der Waals surface area contributed by atoms with Crippen molar-refractivity contribution in [2.45, 2.75) is 71.3 Å². The van der Waals surface area contributed by atoms with Gasteiger partial charge in [0.2, 0.25) is 11.0 Å². The van der Waals surface area contributed by atoms with E-state index in [0.717, 1.165) is 39.4 Å². The lowest BCUT2D eigenvalue weighted by Crippen LogP contribution is -2.33. The number of nitrogens with one attached hydrogen (secondary N) is 1. The molecule has 1 unspecified atom stereocenters. The van der Waals surface area contributed by atoms with Crippen LogP contribution in [0.3, 0.4) is 0 Å². The van der Waals surface area contributed by atoms with Gasteiger partial charge in [0.1, 0.15) is 15.9 Å². The molecular formula is C26H29N5O2S2. The summed E-state index contributed by atoms with van der Waals surface area (Å²) < 4.78 is 1.46. The first-order valence-corrected chi connectivity index (χ1v) is 13.8. The van der Waals surface area contributed by atoms with Crippen molar-refractivity contribution in [1.29, 1.82) is 0 Å². The van der Waals surface area contributed by atoms with Crippen LogP contribution < -0.4 is 10.9 Å². The third-order valence-corrected chi connectivity index (χ3v) is 8.82. The second-order valence-electron chi connectivity index (χ2n) is 9.23. The predicted octanol–water partition coefficient (Wildman–Crippen LogP) is 6.23. The Kier molecular flexibility index (Phi) is 6.80. The quantitative estimate of drug-likeness (QED) is 0.334. The topological polar surface area (TPSA) is 89.8 Å². The monoisotopic (exact) mass is 507 g/mol. The Balaban J connectivity index is 1.45. The number of aryl methyl sites for hydroxylation is 2. The SMILES string of the molecule is CCC(C(=O)Nc1nnc(C2CCCCC2)s1)n1cnc2sc(C)c(-c3ccc(C)cc3)c2c1=O. The number of amides is 1. The smallest absolute Gasteiger partial charge is 0.263 e. The average Bonchev–Trinajstić information content (AvgIpc) is 3.46. The molecule has 1 N–H and O–H groups in total. The van der Waals surface area contributed by atoms with Crippen LogP contribution in [0.2, 0.25) is 0 Å². The number of benzene rings is 1. The number of hydrogen-bond donors (Lipinski definition) is 1. The molecule has 1 aliphatic rings. The zero-order valence-corrected chi connectivity index (χ0v) is 21.8. The summed E-state index contributed by atoms with van der Waals surface area (Å²) in [4.78, 5) is 33.2. The van der Waals surface area contributed by atoms with Gasteiger partial charge < -0.3 is 0 Å². The molecule has 0 saturated heterocycles. The number of aromatic nitrogens is 4. The highest BCUT2D eigenvalue weighted by atomic mass is 32.1. The molecule has 3 aromatic heterocycles. The van der Waals surface area contributed by atoms with Gasteiger partial charge in [0, 0.05) is 16.4 Å². The number of nitrogens with zero attached hydrogens (tertiary/aromatic N) is 4. The molecule has 1 fully saturated rings. The van der Waals surface area contributed by atoms with Crippen molar-refractivity contribution < 1.29 is 4.79 Å². The summed E-state index contributed by atoms with van der Waals surface area (Å²) in [5.74, 6) is 0.163. The fraction of sp³-hybridized carbons (Fsp3) is 0.423. The lowest BCUT2D eigenvalue weighted by Gasteiger charge is -2.18. The highest BCUT2D eigenvalue weighted by molar-refractivity contribution is 7.19. The van der Waals surface area contributed by atoms with Crippen LogP contribution in [0.5, 0.6) is 0 Å². The summed E-state index contributed by atoms with van der Waals surface area (Å²) >= 11 is 2.95. The summed E-state index contributed by atoms with van der Waals surface area (Å²) in [6, 6.07) is 7.46. The number of thiophene rings is 1. The van der Waals surface area contributed by atoms with E-state index >= 15 is 0 Å². The van der Waals surface area contributed by atoms with Gasteiger partial charge in [0.05, 0.1) is 11.7 Å². The second-order valence-corrected chi connectivity index (χ2v) is 11.4. The summed E-state index contributed by atoms with van der Waals surface area (Å²) in [6.45, 7) is 5.94. The summed E-state index contributed by atoms with van der Waals surface area (Å²) in [6.07, 6.45) is 7.93. The molecule has 1 aliphatic carbocycles. The number of carbonyl (C=O) groups excluding carboxylic acids is 1. The molecule has 5 rings (SSSR count). The third kappa shape index (κ3) is 4.67. The van der Waals surface area contributed by atoms with E-state index in [4.69, 9.17) is 0 Å². The van der Waals surface area contributed by atoms with E-state index in [9.17, 15) is 9.59 Å². The summed E-state index contributed by atoms with van der Waals surface area (Å²) in [5, 5.41) is 13.5. The van der Waals surface area contributed by atoms with Gasteiger partial charge in [-0.3, -0.25) is 19.5 Å². The van der Waals surface area contributed by atoms with Crippen LogP contribution in [0, 0.1) is 13.8 Å². The minimum Gasteiger partial charge on any atom is -0.299 e. The van der Waals surface area contributed by atoms with Gasteiger partial charge in [-0.1, -0.05) is 67.4 Å². The third-order valence-electron chi connectivity index (χ3n) is 6.80. The highest BCUT2D eigenvalue weighted by Crippen LogP contribution is 2.37. The predicted molar refractivity (Wildman–Crippen MR) is 142 cm³/mol. The molecular weight excluding hydrogens is 478 g/mol. The largest absolute Gasteiger partial charge is 0.299 e. The standard InChI is InChI=1S/C26H29N5O2S2/c1-4-19(22(32)28-26-30-29-23(35-26)18-8-6-5-7-9-18)31-14-27-24-21(25(31)33)20(16(3)34-24)17-12-10-15(2)11-13-17/h10-14,18-19H,4-9H2,1-3H3,(H,28,30,32). The van der Waals surface area contributed by atoms with E-state index in [0.29, 0.717) is 27.7 Å². The van der Waals surface area contributed by atoms with Gasteiger partial charge in [0.15, 0.2) is 0 Å². The maximum Gasteiger partial charge on any atom is 0.263 e. The minimum atomic E-state index is -0.687. The van der Waals surface area contributed by atoms with E-state index in [2.05, 4.69) is 20.5 Å². The van der Waals surface area contributed by atoms with E-state index in [1.165, 1.54) is 52.8 Å². The highest BCUT2D eigenvalue weighted by Gasteiger charge is 2.26. The molecule has 1 saturated carbocycles. The molecule has 1 aromatic carbocycles. The molecule has 1 atom stereocenters. The van der Waals surface area contributed by atoms with E-state index in [1.807, 2.05) is 45.0 Å². The first-order chi connectivity index (χ1) is 17.0. The van der Waals surface area contributed by atoms with Crippen molar-refractivity contribution in [3.8, 4) is 11.1 Å². The Morgan fingerprint density at radius 1 is 1.11 bits per heavy atom. The summed E-state index contributed by atoms with van der Waals surface area (Å²) in [7, 11) is 0. The van der Waals surface area contributed by atoms with Gasteiger partial charge in [-0.05, 0) is 38.7 Å². The zero-order valence-electron chi connectivity index (χ0n) is 20.2. The van der Waals surface area contributed by atoms with Gasteiger partial charge in [-0.2, -0.15) is 0 Å². The molecule has 1 amide bonds. The van der Waals surface area contributed by atoms with E-state index in [1.54, 1.807) is 0 Å². The second kappa shape index (κ2) is 9.99. The molecule has 0 spiro atoms. The van der Waals surface area contributed by atoms with E-state index in [-0.39, 0.29) is 11.5 Å². The molecule has 182 valence electrons. The molecule has 0 radical (unpaired) electrons. The maximum atomic E-state index is 13.7. The molecule has 35 heavy (non-hydrogen) atoms. The fourth-order valence-corrected chi connectivity index (χ4v) is 6.82. The molecule has 0 aliphatic heterocycles. The van der Waals surface area contributed by atoms with Crippen molar-refractivity contribution in [2.24, 2.45) is 0 Å². The van der Waals surface area contributed by atoms with Crippen LogP contribution in [0.25, 0.3) is 21.3 Å². The Bertz CT molecular complexity index is 1410. The van der Waals surface area contributed by atoms with Crippen LogP contribution in [0.15, 0.2) is 35.4 Å². The van der Waals surface area contributed by atoms with Crippen LogP contribution in [0.1, 0.15) is 72.9 Å². The lowest BCUT2D eigenvalue weighted by atomic mass is 9.90. The van der Waals surface area contributed by atoms with Gasteiger partial charge in [0.25, 0.3) is 5.56 Å². The number of carbonyl (C=O) groups is 1. The normalized spacial score (nSPS) is 15.4. The molecule has 9 heteroatoms. The van der Waals surface area contributed by atoms with Crippen LogP contribution in [-0.2, 0) is 4.79 Å². The Morgan fingerprint density at radius 2 is 1.86 bits per heavy atom. The van der Waals surface area contributed by atoms with Crippen molar-refractivity contribution in [3.05, 3.63) is 56.4 Å². The zero-order chi connectivity index (χ0) is 24.5. The summed E-state index contributed by atoms with van der Waals surface area (Å²) in [5.41, 5.74) is 2.84. The lowest BCUT2D eigenvalue weighted by molar-refractivity contribution is -0.119. The molecule has 0 bridgehead atoms. The van der Waals surface area contributed by atoms with Crippen molar-refractivity contribution in [2.75, 3.05) is 5.32 Å². The Morgan fingerprint density at radius 3 is 2.57 bits per heavy atom. The van der Waals surface area contributed by atoms with Crippen molar-refractivity contribution in [3.63, 3.8) is 0 Å². The van der Waals surface area contributed by atoms with Crippen molar-refractivity contribution in [1.82, 2.24) is 19.7 Å². The number of rotatable bonds is 6. The number of anilines is 1. The maximum absolute atomic E-state index is 13.7. The van der Waals surface area contributed by atoms with Gasteiger partial charge in [-0.25, -0.2) is 4.98 Å². The number of fused-ring (bicyclic) bond motifs is 1. The van der Waals surface area contributed by atoms with Crippen LogP contribution in [0.4, 0.5) is 5.13 Å².